The summed E-state index contributed by atoms with van der Waals surface area (Å²) < 4.78 is 5.20. The summed E-state index contributed by atoms with van der Waals surface area (Å²) in [5.74, 6) is 1.97. The van der Waals surface area contributed by atoms with E-state index in [9.17, 15) is 0 Å². The number of oxime groups is 1. The zero-order chi connectivity index (χ0) is 15.4. The second kappa shape index (κ2) is 6.65. The van der Waals surface area contributed by atoms with Crippen LogP contribution in [0, 0.1) is 5.92 Å². The number of ether oxygens (including phenoxy) is 1. The van der Waals surface area contributed by atoms with Crippen LogP contribution in [0.1, 0.15) is 30.4 Å². The van der Waals surface area contributed by atoms with Crippen molar-refractivity contribution in [1.82, 2.24) is 0 Å². The largest absolute Gasteiger partial charge is 0.497 e. The molecule has 0 saturated heterocycles. The summed E-state index contributed by atoms with van der Waals surface area (Å²) >= 11 is 0. The Bertz CT molecular complexity index is 634. The third-order valence-electron chi connectivity index (χ3n) is 4.15. The fourth-order valence-corrected chi connectivity index (χ4v) is 2.73. The molecule has 1 aliphatic carbocycles. The van der Waals surface area contributed by atoms with Crippen LogP contribution in [-0.2, 0) is 11.4 Å². The average Bonchev–Trinajstić information content (AvgIpc) is 3.37. The summed E-state index contributed by atoms with van der Waals surface area (Å²) in [6, 6.07) is 18.4. The van der Waals surface area contributed by atoms with Crippen LogP contribution in [0.4, 0.5) is 0 Å². The summed E-state index contributed by atoms with van der Waals surface area (Å²) in [5.41, 5.74) is 3.57. The van der Waals surface area contributed by atoms with Gasteiger partial charge in [0.15, 0.2) is 0 Å². The predicted molar refractivity (Wildman–Crippen MR) is 88.2 cm³/mol. The van der Waals surface area contributed by atoms with Gasteiger partial charge in [0.05, 0.1) is 12.8 Å². The number of nitrogens with zero attached hydrogens (tertiary/aromatic N) is 1. The molecular formula is C19H21NO2. The monoisotopic (exact) mass is 295 g/mol. The molecule has 3 nitrogen and oxygen atoms in total. The van der Waals surface area contributed by atoms with E-state index in [1.807, 2.05) is 42.5 Å². The molecular weight excluding hydrogens is 274 g/mol. The molecule has 0 N–H and O–H groups in total. The molecule has 22 heavy (non-hydrogen) atoms. The van der Waals surface area contributed by atoms with E-state index in [0.29, 0.717) is 18.4 Å². The summed E-state index contributed by atoms with van der Waals surface area (Å²) in [7, 11) is 1.69. The minimum atomic E-state index is 0.504. The third-order valence-corrected chi connectivity index (χ3v) is 4.15. The van der Waals surface area contributed by atoms with Crippen LogP contribution in [0.2, 0.25) is 0 Å². The van der Waals surface area contributed by atoms with E-state index in [4.69, 9.17) is 9.57 Å². The van der Waals surface area contributed by atoms with Crippen molar-refractivity contribution >= 4 is 5.71 Å². The third kappa shape index (κ3) is 3.48. The number of benzene rings is 2. The molecule has 0 heterocycles. The van der Waals surface area contributed by atoms with Gasteiger partial charge in [-0.3, -0.25) is 0 Å². The quantitative estimate of drug-likeness (QED) is 0.584. The van der Waals surface area contributed by atoms with Gasteiger partial charge in [-0.25, -0.2) is 0 Å². The van der Waals surface area contributed by atoms with Crippen LogP contribution in [0.5, 0.6) is 5.75 Å². The zero-order valence-corrected chi connectivity index (χ0v) is 13.0. The van der Waals surface area contributed by atoms with E-state index in [2.05, 4.69) is 24.2 Å². The lowest BCUT2D eigenvalue weighted by Crippen LogP contribution is -1.99. The molecule has 1 saturated carbocycles. The number of hydrogen-bond donors (Lipinski definition) is 0. The summed E-state index contributed by atoms with van der Waals surface area (Å²) in [6.07, 6.45) is 1.15. The molecule has 0 amide bonds. The number of hydrogen-bond acceptors (Lipinski definition) is 3. The average molecular weight is 295 g/mol. The van der Waals surface area contributed by atoms with Crippen LogP contribution >= 0.6 is 0 Å². The zero-order valence-electron chi connectivity index (χ0n) is 13.0. The van der Waals surface area contributed by atoms with E-state index in [1.165, 1.54) is 5.56 Å². The summed E-state index contributed by atoms with van der Waals surface area (Å²) in [4.78, 5) is 5.47. The minimum Gasteiger partial charge on any atom is -0.497 e. The first-order valence-corrected chi connectivity index (χ1v) is 7.62. The smallest absolute Gasteiger partial charge is 0.142 e. The topological polar surface area (TPSA) is 30.8 Å². The van der Waals surface area contributed by atoms with Crippen molar-refractivity contribution < 1.29 is 9.57 Å². The minimum absolute atomic E-state index is 0.504. The molecule has 2 aromatic rings. The molecule has 2 atom stereocenters. The lowest BCUT2D eigenvalue weighted by molar-refractivity contribution is 0.129. The lowest BCUT2D eigenvalue weighted by atomic mass is 10.1. The Kier molecular flexibility index (Phi) is 4.42. The molecule has 0 unspecified atom stereocenters. The molecule has 0 spiro atoms. The molecule has 2 aromatic carbocycles. The van der Waals surface area contributed by atoms with Gasteiger partial charge in [-0.2, -0.15) is 0 Å². The van der Waals surface area contributed by atoms with Gasteiger partial charge in [0.25, 0.3) is 0 Å². The molecule has 3 rings (SSSR count). The Morgan fingerprint density at radius 3 is 2.50 bits per heavy atom. The highest BCUT2D eigenvalue weighted by atomic mass is 16.6. The maximum Gasteiger partial charge on any atom is 0.142 e. The van der Waals surface area contributed by atoms with Gasteiger partial charge in [0, 0.05) is 5.92 Å². The predicted octanol–water partition coefficient (Wildman–Crippen LogP) is 4.39. The maximum absolute atomic E-state index is 5.47. The van der Waals surface area contributed by atoms with Crippen LogP contribution in [0.15, 0.2) is 59.8 Å². The Balaban J connectivity index is 1.53. The number of methoxy groups -OCH3 is 1. The maximum atomic E-state index is 5.47. The van der Waals surface area contributed by atoms with Gasteiger partial charge in [-0.15, -0.1) is 0 Å². The van der Waals surface area contributed by atoms with E-state index >= 15 is 0 Å². The molecule has 1 aliphatic rings. The van der Waals surface area contributed by atoms with E-state index in [0.717, 1.165) is 23.4 Å². The fraction of sp³-hybridized carbons (Fsp3) is 0.316. The lowest BCUT2D eigenvalue weighted by Gasteiger charge is -2.04. The van der Waals surface area contributed by atoms with Gasteiger partial charge >= 0.3 is 0 Å². The van der Waals surface area contributed by atoms with Gasteiger partial charge in [-0.05, 0) is 42.5 Å². The van der Waals surface area contributed by atoms with Crippen molar-refractivity contribution in [3.8, 4) is 5.75 Å². The van der Waals surface area contributed by atoms with E-state index < -0.39 is 0 Å². The highest BCUT2D eigenvalue weighted by molar-refractivity contribution is 5.87. The van der Waals surface area contributed by atoms with Crippen LogP contribution < -0.4 is 4.74 Å². The molecule has 0 aliphatic heterocycles. The highest BCUT2D eigenvalue weighted by Gasteiger charge is 2.40. The van der Waals surface area contributed by atoms with Crippen molar-refractivity contribution in [3.05, 3.63) is 65.7 Å². The SMILES string of the molecule is COc1ccc([C@@H]2C[C@@H]2/C(C)=N\OCc2ccccc2)cc1. The first-order chi connectivity index (χ1) is 10.8. The van der Waals surface area contributed by atoms with Crippen molar-refractivity contribution in [2.24, 2.45) is 11.1 Å². The van der Waals surface area contributed by atoms with Crippen LogP contribution in [0.25, 0.3) is 0 Å². The molecule has 0 radical (unpaired) electrons. The van der Waals surface area contributed by atoms with Crippen molar-refractivity contribution in [3.63, 3.8) is 0 Å². The van der Waals surface area contributed by atoms with Crippen LogP contribution in [-0.4, -0.2) is 12.8 Å². The summed E-state index contributed by atoms with van der Waals surface area (Å²) in [6.45, 7) is 2.58. The second-order valence-electron chi connectivity index (χ2n) is 5.71. The van der Waals surface area contributed by atoms with Crippen molar-refractivity contribution in [2.45, 2.75) is 25.9 Å². The van der Waals surface area contributed by atoms with Crippen LogP contribution in [0.3, 0.4) is 0 Å². The first-order valence-electron chi connectivity index (χ1n) is 7.62. The summed E-state index contributed by atoms with van der Waals surface area (Å²) in [5, 5.41) is 4.28. The molecule has 114 valence electrons. The number of rotatable bonds is 6. The first kappa shape index (κ1) is 14.6. The van der Waals surface area contributed by atoms with Crippen molar-refractivity contribution in [2.75, 3.05) is 7.11 Å². The Labute approximate surface area is 131 Å². The molecule has 1 fully saturated rings. The Morgan fingerprint density at radius 2 is 1.82 bits per heavy atom. The second-order valence-corrected chi connectivity index (χ2v) is 5.71. The van der Waals surface area contributed by atoms with E-state index in [-0.39, 0.29) is 0 Å². The van der Waals surface area contributed by atoms with Gasteiger partial charge in [-0.1, -0.05) is 47.6 Å². The molecule has 0 aromatic heterocycles. The highest BCUT2D eigenvalue weighted by Crippen LogP contribution is 2.48. The van der Waals surface area contributed by atoms with Crippen molar-refractivity contribution in [1.29, 1.82) is 0 Å². The van der Waals surface area contributed by atoms with E-state index in [1.54, 1.807) is 7.11 Å². The standard InChI is InChI=1S/C19H21NO2/c1-14(20-22-13-15-6-4-3-5-7-15)18-12-19(18)16-8-10-17(21-2)11-9-16/h3-11,18-19H,12-13H2,1-2H3/b20-14-/t18-,19+/m1/s1. The Morgan fingerprint density at radius 1 is 1.09 bits per heavy atom. The molecule has 0 bridgehead atoms. The Hall–Kier alpha value is -2.29. The van der Waals surface area contributed by atoms with Gasteiger partial charge in [0.1, 0.15) is 12.4 Å². The molecule has 3 heteroatoms. The van der Waals surface area contributed by atoms with Gasteiger partial charge in [0.2, 0.25) is 0 Å². The fourth-order valence-electron chi connectivity index (χ4n) is 2.73. The van der Waals surface area contributed by atoms with Gasteiger partial charge < -0.3 is 9.57 Å². The normalized spacial score (nSPS) is 20.5.